The van der Waals surface area contributed by atoms with E-state index in [2.05, 4.69) is 40.2 Å². The summed E-state index contributed by atoms with van der Waals surface area (Å²) in [5.41, 5.74) is 2.03. The number of aryl methyl sites for hydroxylation is 2. The van der Waals surface area contributed by atoms with Crippen molar-refractivity contribution in [3.8, 4) is 0 Å². The van der Waals surface area contributed by atoms with E-state index in [0.29, 0.717) is 23.3 Å². The minimum absolute atomic E-state index is 0.00867. The molecular formula is C20H25N3O2. The number of aromatic nitrogens is 1. The Kier molecular flexibility index (Phi) is 4.34. The number of hydrogen-bond donors (Lipinski definition) is 0. The smallest absolute Gasteiger partial charge is 0.291 e. The summed E-state index contributed by atoms with van der Waals surface area (Å²) in [4.78, 5) is 21.8. The fourth-order valence-electron chi connectivity index (χ4n) is 4.26. The molecule has 132 valence electrons. The summed E-state index contributed by atoms with van der Waals surface area (Å²) in [5.74, 6) is 1.52. The number of hydrogen-bond acceptors (Lipinski definition) is 4. The Morgan fingerprint density at radius 2 is 1.96 bits per heavy atom. The zero-order valence-corrected chi connectivity index (χ0v) is 14.9. The lowest BCUT2D eigenvalue weighted by molar-refractivity contribution is 0.0550. The summed E-state index contributed by atoms with van der Waals surface area (Å²) in [5, 5.41) is 0. The first kappa shape index (κ1) is 16.3. The Balaban J connectivity index is 1.51. The van der Waals surface area contributed by atoms with E-state index in [0.717, 1.165) is 32.6 Å². The number of oxazole rings is 1. The third kappa shape index (κ3) is 3.33. The maximum atomic E-state index is 13.0. The molecule has 5 rings (SSSR count). The van der Waals surface area contributed by atoms with Gasteiger partial charge in [-0.3, -0.25) is 9.69 Å². The Hall–Kier alpha value is -2.14. The van der Waals surface area contributed by atoms with Crippen molar-refractivity contribution in [2.75, 3.05) is 19.6 Å². The lowest BCUT2D eigenvalue weighted by Crippen LogP contribution is -2.47. The molecule has 3 fully saturated rings. The van der Waals surface area contributed by atoms with Crippen LogP contribution in [0, 0.1) is 19.8 Å². The average Bonchev–Trinajstić information content (AvgIpc) is 2.76. The van der Waals surface area contributed by atoms with Crippen LogP contribution >= 0.6 is 0 Å². The molecule has 0 spiro atoms. The number of carbonyl (C=O) groups is 1. The number of rotatable bonds is 3. The third-order valence-corrected chi connectivity index (χ3v) is 5.40. The molecule has 0 saturated carbocycles. The number of carbonyl (C=O) groups excluding carboxylic acids is 1. The van der Waals surface area contributed by atoms with Crippen molar-refractivity contribution in [3.05, 3.63) is 53.2 Å². The maximum Gasteiger partial charge on any atom is 0.291 e. The van der Waals surface area contributed by atoms with Crippen LogP contribution in [0.5, 0.6) is 0 Å². The molecule has 2 atom stereocenters. The fraction of sp³-hybridized carbons (Fsp3) is 0.500. The van der Waals surface area contributed by atoms with E-state index < -0.39 is 0 Å². The summed E-state index contributed by atoms with van der Waals surface area (Å²) in [6.45, 7) is 7.42. The van der Waals surface area contributed by atoms with Crippen LogP contribution in [0.2, 0.25) is 0 Å². The molecule has 1 amide bonds. The summed E-state index contributed by atoms with van der Waals surface area (Å²) in [6.07, 6.45) is 2.28. The highest BCUT2D eigenvalue weighted by Crippen LogP contribution is 2.30. The molecule has 1 aromatic carbocycles. The first-order chi connectivity index (χ1) is 12.1. The Labute approximate surface area is 148 Å². The van der Waals surface area contributed by atoms with Gasteiger partial charge in [-0.15, -0.1) is 0 Å². The number of benzene rings is 1. The molecular weight excluding hydrogens is 314 g/mol. The molecule has 3 saturated heterocycles. The van der Waals surface area contributed by atoms with Gasteiger partial charge in [-0.25, -0.2) is 4.98 Å². The Morgan fingerprint density at radius 1 is 1.16 bits per heavy atom. The number of piperidine rings is 1. The second-order valence-corrected chi connectivity index (χ2v) is 7.38. The van der Waals surface area contributed by atoms with Crippen LogP contribution in [0.25, 0.3) is 0 Å². The number of nitrogens with zero attached hydrogens (tertiary/aromatic N) is 3. The molecule has 2 aromatic rings. The lowest BCUT2D eigenvalue weighted by Gasteiger charge is -2.35. The predicted molar refractivity (Wildman–Crippen MR) is 95.2 cm³/mol. The molecule has 2 bridgehead atoms. The van der Waals surface area contributed by atoms with Crippen molar-refractivity contribution in [2.45, 2.75) is 39.3 Å². The van der Waals surface area contributed by atoms with Gasteiger partial charge in [0.1, 0.15) is 0 Å². The first-order valence-corrected chi connectivity index (χ1v) is 9.11. The zero-order chi connectivity index (χ0) is 17.4. The molecule has 1 aromatic heterocycles. The van der Waals surface area contributed by atoms with E-state index in [-0.39, 0.29) is 11.9 Å². The fourth-order valence-corrected chi connectivity index (χ4v) is 4.26. The van der Waals surface area contributed by atoms with E-state index in [4.69, 9.17) is 4.42 Å². The SMILES string of the molecule is Cc1nc(C)c(C(=O)N2C[C@H]3CC[C@@H]2CN(Cc2ccccc2)C3)o1. The van der Waals surface area contributed by atoms with Gasteiger partial charge in [0.15, 0.2) is 5.89 Å². The topological polar surface area (TPSA) is 49.6 Å². The van der Waals surface area contributed by atoms with E-state index in [9.17, 15) is 4.79 Å². The summed E-state index contributed by atoms with van der Waals surface area (Å²) in [6, 6.07) is 10.9. The van der Waals surface area contributed by atoms with Crippen molar-refractivity contribution in [3.63, 3.8) is 0 Å². The highest BCUT2D eigenvalue weighted by molar-refractivity contribution is 5.92. The highest BCUT2D eigenvalue weighted by atomic mass is 16.4. The second-order valence-electron chi connectivity index (χ2n) is 7.38. The van der Waals surface area contributed by atoms with E-state index in [1.165, 1.54) is 12.0 Å². The van der Waals surface area contributed by atoms with E-state index in [1.807, 2.05) is 11.8 Å². The van der Waals surface area contributed by atoms with Crippen LogP contribution in [-0.4, -0.2) is 46.4 Å². The summed E-state index contributed by atoms with van der Waals surface area (Å²) >= 11 is 0. The Bertz CT molecular complexity index is 756. The monoisotopic (exact) mass is 339 g/mol. The van der Waals surface area contributed by atoms with Crippen molar-refractivity contribution in [2.24, 2.45) is 5.92 Å². The molecule has 3 aliphatic heterocycles. The van der Waals surface area contributed by atoms with Crippen molar-refractivity contribution in [1.29, 1.82) is 0 Å². The molecule has 0 unspecified atom stereocenters. The molecule has 0 N–H and O–H groups in total. The van der Waals surface area contributed by atoms with Gasteiger partial charge in [-0.2, -0.15) is 0 Å². The quantitative estimate of drug-likeness (QED) is 0.862. The predicted octanol–water partition coefficient (Wildman–Crippen LogP) is 3.03. The molecule has 0 aliphatic carbocycles. The van der Waals surface area contributed by atoms with Gasteiger partial charge in [-0.05, 0) is 31.2 Å². The van der Waals surface area contributed by atoms with Crippen molar-refractivity contribution < 1.29 is 9.21 Å². The first-order valence-electron chi connectivity index (χ1n) is 9.11. The van der Waals surface area contributed by atoms with Gasteiger partial charge in [0, 0.05) is 39.1 Å². The normalized spacial score (nSPS) is 23.7. The number of amides is 1. The van der Waals surface area contributed by atoms with Crippen LogP contribution in [0.15, 0.2) is 34.7 Å². The molecule has 5 heteroatoms. The molecule has 4 heterocycles. The standard InChI is InChI=1S/C20H25N3O2/c1-14-19(25-15(2)21-14)20(24)23-12-17-8-9-18(23)13-22(11-17)10-16-6-4-3-5-7-16/h3-7,17-18H,8-13H2,1-2H3/t17-,18+/m0/s1. The molecule has 25 heavy (non-hydrogen) atoms. The molecule has 5 nitrogen and oxygen atoms in total. The molecule has 0 radical (unpaired) electrons. The van der Waals surface area contributed by atoms with Crippen LogP contribution in [0.4, 0.5) is 0 Å². The molecule has 3 aliphatic rings. The Morgan fingerprint density at radius 3 is 2.68 bits per heavy atom. The van der Waals surface area contributed by atoms with Gasteiger partial charge in [-0.1, -0.05) is 30.3 Å². The largest absolute Gasteiger partial charge is 0.436 e. The van der Waals surface area contributed by atoms with Gasteiger partial charge in [0.05, 0.1) is 5.69 Å². The summed E-state index contributed by atoms with van der Waals surface area (Å²) in [7, 11) is 0. The van der Waals surface area contributed by atoms with Crippen molar-refractivity contribution >= 4 is 5.91 Å². The highest BCUT2D eigenvalue weighted by Gasteiger charge is 2.38. The minimum Gasteiger partial charge on any atom is -0.436 e. The maximum absolute atomic E-state index is 13.0. The number of fused-ring (bicyclic) bond motifs is 4. The second kappa shape index (κ2) is 6.64. The summed E-state index contributed by atoms with van der Waals surface area (Å²) < 4.78 is 5.58. The van der Waals surface area contributed by atoms with Crippen LogP contribution < -0.4 is 0 Å². The van der Waals surface area contributed by atoms with Gasteiger partial charge < -0.3 is 9.32 Å². The van der Waals surface area contributed by atoms with Crippen LogP contribution in [-0.2, 0) is 6.54 Å². The van der Waals surface area contributed by atoms with Crippen molar-refractivity contribution in [1.82, 2.24) is 14.8 Å². The van der Waals surface area contributed by atoms with Gasteiger partial charge in [0.2, 0.25) is 5.76 Å². The average molecular weight is 339 g/mol. The van der Waals surface area contributed by atoms with E-state index in [1.54, 1.807) is 6.92 Å². The lowest BCUT2D eigenvalue weighted by atomic mass is 9.94. The third-order valence-electron chi connectivity index (χ3n) is 5.40. The van der Waals surface area contributed by atoms with Crippen LogP contribution in [0.1, 0.15) is 40.5 Å². The van der Waals surface area contributed by atoms with E-state index >= 15 is 0 Å². The van der Waals surface area contributed by atoms with Crippen LogP contribution in [0.3, 0.4) is 0 Å². The van der Waals surface area contributed by atoms with Gasteiger partial charge in [0.25, 0.3) is 5.91 Å². The van der Waals surface area contributed by atoms with Gasteiger partial charge >= 0.3 is 0 Å². The minimum atomic E-state index is 0.00867. The zero-order valence-electron chi connectivity index (χ0n) is 14.9.